The normalized spacial score (nSPS) is 14.6. The molecule has 2 aliphatic heterocycles. The summed E-state index contributed by atoms with van der Waals surface area (Å²) in [5.74, 6) is 0. The third-order valence-corrected chi connectivity index (χ3v) is 22.0. The highest BCUT2D eigenvalue weighted by atomic mass is 16.3. The summed E-state index contributed by atoms with van der Waals surface area (Å²) < 4.78 is 169. The van der Waals surface area contributed by atoms with Crippen LogP contribution in [-0.4, -0.2) is 15.8 Å². The molecule has 21 aromatic rings. The van der Waals surface area contributed by atoms with E-state index in [2.05, 4.69) is 131 Å². The van der Waals surface area contributed by atoms with Crippen molar-refractivity contribution in [2.45, 2.75) is 0 Å². The summed E-state index contributed by atoms with van der Waals surface area (Å²) in [6, 6.07) is 87.2. The zero-order valence-electron chi connectivity index (χ0n) is 73.8. The van der Waals surface area contributed by atoms with Crippen LogP contribution in [0.25, 0.3) is 166 Å². The average Bonchev–Trinajstić information content (AvgIpc) is 1.63. The van der Waals surface area contributed by atoms with E-state index in [1.54, 1.807) is 9.13 Å². The molecule has 0 radical (unpaired) electrons. The van der Waals surface area contributed by atoms with E-state index in [4.69, 9.17) is 14.3 Å². The summed E-state index contributed by atoms with van der Waals surface area (Å²) in [6.07, 6.45) is 0. The minimum absolute atomic E-state index is 0.0738. The molecule has 2 aliphatic rings. The van der Waals surface area contributed by atoms with Gasteiger partial charge in [0.1, 0.15) is 22.3 Å². The molecule has 0 spiro atoms. The first kappa shape index (κ1) is 47.1. The van der Waals surface area contributed by atoms with Crippen molar-refractivity contribution in [2.24, 2.45) is 0 Å². The second kappa shape index (κ2) is 24.1. The summed E-state index contributed by atoms with van der Waals surface area (Å²) in [4.78, 5) is 4.59. The molecule has 0 aliphatic carbocycles. The molecule has 109 heavy (non-hydrogen) atoms. The predicted octanol–water partition coefficient (Wildman–Crippen LogP) is 25.8. The van der Waals surface area contributed by atoms with Crippen molar-refractivity contribution in [3.8, 4) is 78.1 Å². The number of fused-ring (bicyclic) bond motifs is 16. The molecule has 0 bridgehead atoms. The van der Waals surface area contributed by atoms with Crippen LogP contribution in [0.5, 0.6) is 0 Å². The average molecular weight is 1400 g/mol. The molecule has 0 amide bonds. The highest BCUT2D eigenvalue weighted by molar-refractivity contribution is 7.00. The van der Waals surface area contributed by atoms with Gasteiger partial charge in [0.25, 0.3) is 6.71 Å². The molecule has 4 aromatic heterocycles. The Morgan fingerprint density at radius 2 is 0.624 bits per heavy atom. The van der Waals surface area contributed by atoms with Crippen LogP contribution in [0.2, 0.25) is 0 Å². The predicted molar refractivity (Wildman–Crippen MR) is 456 cm³/mol. The van der Waals surface area contributed by atoms with Crippen LogP contribution in [0.1, 0.15) is 21.9 Å². The van der Waals surface area contributed by atoms with Gasteiger partial charge in [-0.2, -0.15) is 0 Å². The van der Waals surface area contributed by atoms with Crippen molar-refractivity contribution in [3.05, 3.63) is 382 Å². The van der Waals surface area contributed by atoms with Gasteiger partial charge < -0.3 is 27.8 Å². The van der Waals surface area contributed by atoms with Gasteiger partial charge in [-0.3, -0.25) is 0 Å². The summed E-state index contributed by atoms with van der Waals surface area (Å²) in [5.41, 5.74) is 18.8. The topological polar surface area (TPSA) is 42.6 Å². The minimum atomic E-state index is -0.837. The molecular formula is C102H63BN4O2. The number of benzene rings is 17. The lowest BCUT2D eigenvalue weighted by Gasteiger charge is -2.46. The van der Waals surface area contributed by atoms with Crippen molar-refractivity contribution in [1.82, 2.24) is 9.13 Å². The minimum Gasteiger partial charge on any atom is -0.456 e. The summed E-state index contributed by atoms with van der Waals surface area (Å²) in [5, 5.41) is 3.15. The van der Waals surface area contributed by atoms with Crippen LogP contribution in [0.4, 0.5) is 34.1 Å². The number of furan rings is 2. The molecule has 0 unspecified atom stereocenters. The second-order valence-corrected chi connectivity index (χ2v) is 27.8. The molecule has 0 atom stereocenters. The Balaban J connectivity index is 0.933. The molecule has 0 fully saturated rings. The van der Waals surface area contributed by atoms with E-state index in [1.807, 2.05) is 164 Å². The largest absolute Gasteiger partial charge is 0.456 e. The Kier molecular flexibility index (Phi) is 10.4. The molecule has 0 N–H and O–H groups in total. The first-order chi connectivity index (χ1) is 60.7. The monoisotopic (exact) mass is 1400 g/mol. The SMILES string of the molecule is [2H]c1c([2H])c([2H])c2c(c1[2H])c1c([2H])c([2H])c([2H])c([2H])c1n2-c1ccc2c(c1)N(c1c(-c3ccccc3)cccc1-c1ccccc1)c1cc(-c3cc(-c4ccc5oc6ccccc6c5c4)c4oc5ccccc5c4c3)cc3c1B2c1ccc(-n2c4c([2H])c([2H])c([2H])c([2H])c4c4c([2H])c([2H])c([2H])c([2H])c42)cc1N3c1c(-c2ccccc2)cccc1-c1ccccc1. The zero-order valence-corrected chi connectivity index (χ0v) is 57.8. The van der Waals surface area contributed by atoms with Gasteiger partial charge in [0.2, 0.25) is 0 Å². The lowest BCUT2D eigenvalue weighted by atomic mass is 9.33. The maximum absolute atomic E-state index is 9.94. The van der Waals surface area contributed by atoms with E-state index in [-0.39, 0.29) is 55.0 Å². The molecule has 7 heteroatoms. The molecule has 6 heterocycles. The van der Waals surface area contributed by atoms with Crippen molar-refractivity contribution in [1.29, 1.82) is 0 Å². The Hall–Kier alpha value is -14.4. The third-order valence-electron chi connectivity index (χ3n) is 22.0. The second-order valence-electron chi connectivity index (χ2n) is 27.8. The van der Waals surface area contributed by atoms with E-state index in [9.17, 15) is 16.4 Å². The summed E-state index contributed by atoms with van der Waals surface area (Å²) in [6.45, 7) is -0.837. The van der Waals surface area contributed by atoms with Crippen molar-refractivity contribution in [3.63, 3.8) is 0 Å². The zero-order chi connectivity index (χ0) is 85.3. The number of hydrogen-bond donors (Lipinski definition) is 0. The maximum atomic E-state index is 9.94. The molecule has 6 nitrogen and oxygen atoms in total. The molecule has 0 saturated heterocycles. The highest BCUT2D eigenvalue weighted by Crippen LogP contribution is 2.55. The van der Waals surface area contributed by atoms with E-state index >= 15 is 0 Å². The van der Waals surface area contributed by atoms with Crippen molar-refractivity contribution >= 4 is 145 Å². The molecule has 17 aromatic carbocycles. The van der Waals surface area contributed by atoms with Gasteiger partial charge in [0.05, 0.1) is 55.4 Å². The third kappa shape index (κ3) is 9.30. The standard InChI is InChI=1S/C102H63BN4O2/c1-5-27-64(28-6-1)73-41-25-42-74(65-29-7-2-8-30-65)100(73)106-92-62-71(104-88-45-19-13-35-77(88)78-36-14-20-46-89(78)104)52-54-86(92)103-87-55-53-72(105-90-47-21-15-37-79(90)80-38-16-22-48-91(80)105)63-93(87)107(101-75(66-31-9-3-10-32-66)43-26-44-76(101)67-33-11-4-12-34-67)95-61-70(60-94(106)99(95)103)69-58-83(102-85(59-69)82-40-18-24-50-97(82)109-102)68-51-56-98-84(57-68)81-39-17-23-49-96(81)108-98/h1-63H/i13D,14D,15D,16D,19D,20D,21D,22D,35D,36D,37D,38D,45D,46D,47D,48D. The highest BCUT2D eigenvalue weighted by Gasteiger charge is 2.46. The fourth-order valence-electron chi connectivity index (χ4n) is 17.3. The molecular weight excluding hydrogens is 1320 g/mol. The number of nitrogens with zero attached hydrogens (tertiary/aromatic N) is 4. The summed E-state index contributed by atoms with van der Waals surface area (Å²) >= 11 is 0. The lowest BCUT2D eigenvalue weighted by molar-refractivity contribution is 0.668. The van der Waals surface area contributed by atoms with Gasteiger partial charge in [0, 0.05) is 105 Å². The van der Waals surface area contributed by atoms with Crippen LogP contribution in [0, 0.1) is 0 Å². The molecule has 506 valence electrons. The molecule has 23 rings (SSSR count). The van der Waals surface area contributed by atoms with E-state index in [1.165, 1.54) is 0 Å². The van der Waals surface area contributed by atoms with Crippen LogP contribution < -0.4 is 26.2 Å². The molecule has 0 saturated carbocycles. The summed E-state index contributed by atoms with van der Waals surface area (Å²) in [7, 11) is 0. The van der Waals surface area contributed by atoms with Crippen LogP contribution in [0.15, 0.2) is 391 Å². The lowest BCUT2D eigenvalue weighted by Crippen LogP contribution is -2.61. The van der Waals surface area contributed by atoms with Crippen molar-refractivity contribution in [2.75, 3.05) is 9.80 Å². The van der Waals surface area contributed by atoms with Gasteiger partial charge >= 0.3 is 0 Å². The van der Waals surface area contributed by atoms with Gasteiger partial charge in [-0.1, -0.05) is 285 Å². The number of hydrogen-bond acceptors (Lipinski definition) is 4. The number of anilines is 6. The Labute approximate surface area is 651 Å². The van der Waals surface area contributed by atoms with Gasteiger partial charge in [-0.05, 0) is 152 Å². The Morgan fingerprint density at radius 1 is 0.248 bits per heavy atom. The van der Waals surface area contributed by atoms with Gasteiger partial charge in [-0.25, -0.2) is 0 Å². The van der Waals surface area contributed by atoms with Crippen molar-refractivity contribution < 1.29 is 30.8 Å². The van der Waals surface area contributed by atoms with E-state index in [0.717, 1.165) is 93.8 Å². The Morgan fingerprint density at radius 3 is 1.07 bits per heavy atom. The number of rotatable bonds is 10. The van der Waals surface area contributed by atoms with Crippen LogP contribution >= 0.6 is 0 Å². The van der Waals surface area contributed by atoms with Crippen LogP contribution in [-0.2, 0) is 0 Å². The Bertz CT molecular complexity index is 7710. The van der Waals surface area contributed by atoms with E-state index < -0.39 is 103 Å². The smallest absolute Gasteiger partial charge is 0.252 e. The quantitative estimate of drug-likeness (QED) is 0.128. The van der Waals surface area contributed by atoms with Gasteiger partial charge in [-0.15, -0.1) is 0 Å². The van der Waals surface area contributed by atoms with Crippen LogP contribution in [0.3, 0.4) is 0 Å². The first-order valence-electron chi connectivity index (χ1n) is 44.2. The number of aromatic nitrogens is 2. The number of para-hydroxylation sites is 8. The van der Waals surface area contributed by atoms with E-state index in [0.29, 0.717) is 67.4 Å². The fourth-order valence-corrected chi connectivity index (χ4v) is 17.3. The first-order valence-corrected chi connectivity index (χ1v) is 36.2. The fraction of sp³-hybridized carbons (Fsp3) is 0. The van der Waals surface area contributed by atoms with Gasteiger partial charge in [0.15, 0.2) is 0 Å². The maximum Gasteiger partial charge on any atom is 0.252 e.